The molecule has 0 aliphatic carbocycles. The minimum absolute atomic E-state index is 0.882. The van der Waals surface area contributed by atoms with Gasteiger partial charge < -0.3 is 9.64 Å². The highest BCUT2D eigenvalue weighted by Crippen LogP contribution is 2.42. The van der Waals surface area contributed by atoms with E-state index in [1.807, 2.05) is 18.5 Å². The third-order valence-corrected chi connectivity index (χ3v) is 5.74. The van der Waals surface area contributed by atoms with Gasteiger partial charge in [0.25, 0.3) is 0 Å². The summed E-state index contributed by atoms with van der Waals surface area (Å²) in [6.45, 7) is 5.14. The van der Waals surface area contributed by atoms with E-state index in [2.05, 4.69) is 66.2 Å². The number of methoxy groups -OCH3 is 1. The number of aryl methyl sites for hydroxylation is 2. The lowest BCUT2D eigenvalue weighted by atomic mass is 9.95. The smallest absolute Gasteiger partial charge is 0.137 e. The molecule has 2 aromatic carbocycles. The molecular formula is C25H23N3O. The van der Waals surface area contributed by atoms with Crippen LogP contribution in [-0.2, 0) is 6.42 Å². The molecule has 4 nitrogen and oxygen atoms in total. The summed E-state index contributed by atoms with van der Waals surface area (Å²) in [5.41, 5.74) is 7.25. The number of nitrogens with zero attached hydrogens (tertiary/aromatic N) is 3. The van der Waals surface area contributed by atoms with E-state index < -0.39 is 0 Å². The molecule has 0 radical (unpaired) electrons. The predicted molar refractivity (Wildman–Crippen MR) is 118 cm³/mol. The average molecular weight is 381 g/mol. The van der Waals surface area contributed by atoms with Crippen LogP contribution in [0.25, 0.3) is 21.9 Å². The summed E-state index contributed by atoms with van der Waals surface area (Å²) in [6.07, 6.45) is 4.78. The van der Waals surface area contributed by atoms with Crippen molar-refractivity contribution >= 4 is 22.3 Å². The highest BCUT2D eigenvalue weighted by atomic mass is 16.5. The number of aromatic nitrogens is 2. The molecule has 0 amide bonds. The van der Waals surface area contributed by atoms with Crippen molar-refractivity contribution in [3.8, 4) is 16.9 Å². The van der Waals surface area contributed by atoms with Gasteiger partial charge in [-0.15, -0.1) is 0 Å². The zero-order chi connectivity index (χ0) is 20.0. The second kappa shape index (κ2) is 6.89. The standard InChI is InChI=1S/C25H23N3O/c1-16-13-19(29-3)7-8-24(16)28-12-10-22-23(14-17(2)27-25(22)28)21-6-4-5-18-15-26-11-9-20(18)21/h4-9,11,13-15H,10,12H2,1-3H3. The zero-order valence-corrected chi connectivity index (χ0v) is 16.9. The minimum Gasteiger partial charge on any atom is -0.497 e. The van der Waals surface area contributed by atoms with Crippen LogP contribution in [0.4, 0.5) is 11.5 Å². The van der Waals surface area contributed by atoms with Crippen LogP contribution in [-0.4, -0.2) is 23.6 Å². The van der Waals surface area contributed by atoms with Crippen LogP contribution < -0.4 is 9.64 Å². The number of benzene rings is 2. The van der Waals surface area contributed by atoms with E-state index in [0.717, 1.165) is 35.6 Å². The first kappa shape index (κ1) is 17.7. The molecule has 0 fully saturated rings. The highest BCUT2D eigenvalue weighted by Gasteiger charge is 2.27. The first-order chi connectivity index (χ1) is 14.2. The van der Waals surface area contributed by atoms with Crippen molar-refractivity contribution in [2.45, 2.75) is 20.3 Å². The van der Waals surface area contributed by atoms with Crippen LogP contribution in [0.2, 0.25) is 0 Å². The molecule has 1 aliphatic rings. The molecule has 3 heterocycles. The van der Waals surface area contributed by atoms with Crippen molar-refractivity contribution in [2.24, 2.45) is 0 Å². The largest absolute Gasteiger partial charge is 0.497 e. The first-order valence-corrected chi connectivity index (χ1v) is 9.91. The van der Waals surface area contributed by atoms with E-state index in [9.17, 15) is 0 Å². The van der Waals surface area contributed by atoms with E-state index >= 15 is 0 Å². The number of rotatable bonds is 3. The van der Waals surface area contributed by atoms with Crippen LogP contribution in [0.15, 0.2) is 60.9 Å². The molecule has 0 saturated heterocycles. The molecule has 1 aliphatic heterocycles. The summed E-state index contributed by atoms with van der Waals surface area (Å²) in [7, 11) is 1.70. The van der Waals surface area contributed by atoms with E-state index in [4.69, 9.17) is 9.72 Å². The summed E-state index contributed by atoms with van der Waals surface area (Å²) >= 11 is 0. The topological polar surface area (TPSA) is 38.2 Å². The Morgan fingerprint density at radius 1 is 1.00 bits per heavy atom. The Balaban J connectivity index is 1.68. The van der Waals surface area contributed by atoms with E-state index in [0.29, 0.717) is 0 Å². The fourth-order valence-corrected chi connectivity index (χ4v) is 4.37. The molecule has 0 N–H and O–H groups in total. The number of ether oxygens (including phenoxy) is 1. The zero-order valence-electron chi connectivity index (χ0n) is 16.9. The summed E-state index contributed by atoms with van der Waals surface area (Å²) < 4.78 is 5.38. The maximum absolute atomic E-state index is 5.38. The van der Waals surface area contributed by atoms with Gasteiger partial charge in [-0.05, 0) is 72.7 Å². The van der Waals surface area contributed by atoms with Crippen LogP contribution in [0.5, 0.6) is 5.75 Å². The van der Waals surface area contributed by atoms with Crippen LogP contribution >= 0.6 is 0 Å². The minimum atomic E-state index is 0.882. The number of hydrogen-bond donors (Lipinski definition) is 0. The Morgan fingerprint density at radius 2 is 1.90 bits per heavy atom. The molecule has 0 bridgehead atoms. The normalized spacial score (nSPS) is 13.0. The Hall–Kier alpha value is -3.40. The average Bonchev–Trinajstić information content (AvgIpc) is 3.16. The molecular weight excluding hydrogens is 358 g/mol. The Kier molecular flexibility index (Phi) is 4.20. The fourth-order valence-electron chi connectivity index (χ4n) is 4.37. The lowest BCUT2D eigenvalue weighted by molar-refractivity contribution is 0.414. The highest BCUT2D eigenvalue weighted by molar-refractivity contribution is 5.98. The van der Waals surface area contributed by atoms with Gasteiger partial charge in [0.1, 0.15) is 11.6 Å². The van der Waals surface area contributed by atoms with Gasteiger partial charge in [0, 0.05) is 41.3 Å². The van der Waals surface area contributed by atoms with E-state index in [1.54, 1.807) is 7.11 Å². The van der Waals surface area contributed by atoms with Crippen molar-refractivity contribution in [3.63, 3.8) is 0 Å². The Labute approximate surface area is 170 Å². The molecule has 0 spiro atoms. The van der Waals surface area contributed by atoms with Crippen molar-refractivity contribution in [1.82, 2.24) is 9.97 Å². The monoisotopic (exact) mass is 381 g/mol. The number of fused-ring (bicyclic) bond motifs is 2. The first-order valence-electron chi connectivity index (χ1n) is 9.91. The maximum atomic E-state index is 5.38. The molecule has 144 valence electrons. The van der Waals surface area contributed by atoms with Crippen LogP contribution in [0, 0.1) is 13.8 Å². The fraction of sp³-hybridized carbons (Fsp3) is 0.200. The molecule has 0 saturated carbocycles. The Bertz CT molecular complexity index is 1230. The van der Waals surface area contributed by atoms with Crippen molar-refractivity contribution in [1.29, 1.82) is 0 Å². The van der Waals surface area contributed by atoms with E-state index in [1.165, 1.54) is 33.3 Å². The summed E-state index contributed by atoms with van der Waals surface area (Å²) in [4.78, 5) is 11.6. The van der Waals surface area contributed by atoms with Gasteiger partial charge in [-0.1, -0.05) is 18.2 Å². The summed E-state index contributed by atoms with van der Waals surface area (Å²) in [5.74, 6) is 1.95. The summed E-state index contributed by atoms with van der Waals surface area (Å²) in [6, 6.07) is 17.0. The van der Waals surface area contributed by atoms with Gasteiger partial charge in [0.15, 0.2) is 0 Å². The number of pyridine rings is 2. The number of anilines is 2. The van der Waals surface area contributed by atoms with Gasteiger partial charge in [-0.25, -0.2) is 4.98 Å². The lowest BCUT2D eigenvalue weighted by Crippen LogP contribution is -2.15. The second-order valence-electron chi connectivity index (χ2n) is 7.57. The Morgan fingerprint density at radius 3 is 2.72 bits per heavy atom. The molecule has 2 aromatic heterocycles. The van der Waals surface area contributed by atoms with Gasteiger partial charge in [-0.2, -0.15) is 0 Å². The van der Waals surface area contributed by atoms with Crippen molar-refractivity contribution in [3.05, 3.63) is 77.7 Å². The molecule has 5 rings (SSSR count). The molecule has 29 heavy (non-hydrogen) atoms. The third-order valence-electron chi connectivity index (χ3n) is 5.74. The van der Waals surface area contributed by atoms with Crippen LogP contribution in [0.3, 0.4) is 0 Å². The van der Waals surface area contributed by atoms with Gasteiger partial charge in [-0.3, -0.25) is 4.98 Å². The SMILES string of the molecule is COc1ccc(N2CCc3c(-c4cccc5cnccc45)cc(C)nc32)c(C)c1. The van der Waals surface area contributed by atoms with Crippen molar-refractivity contribution in [2.75, 3.05) is 18.6 Å². The quantitative estimate of drug-likeness (QED) is 0.462. The van der Waals surface area contributed by atoms with Crippen molar-refractivity contribution < 1.29 is 4.74 Å². The predicted octanol–water partition coefficient (Wildman–Crippen LogP) is 5.62. The molecule has 4 aromatic rings. The van der Waals surface area contributed by atoms with Crippen LogP contribution in [0.1, 0.15) is 16.8 Å². The molecule has 0 atom stereocenters. The number of hydrogen-bond acceptors (Lipinski definition) is 4. The molecule has 0 unspecified atom stereocenters. The van der Waals surface area contributed by atoms with Gasteiger partial charge in [0.05, 0.1) is 7.11 Å². The molecule has 4 heteroatoms. The third kappa shape index (κ3) is 2.92. The second-order valence-corrected chi connectivity index (χ2v) is 7.57. The summed E-state index contributed by atoms with van der Waals surface area (Å²) in [5, 5.41) is 2.39. The van der Waals surface area contributed by atoms with Gasteiger partial charge in [0.2, 0.25) is 0 Å². The van der Waals surface area contributed by atoms with E-state index in [-0.39, 0.29) is 0 Å². The van der Waals surface area contributed by atoms with Gasteiger partial charge >= 0.3 is 0 Å². The maximum Gasteiger partial charge on any atom is 0.137 e. The lowest BCUT2D eigenvalue weighted by Gasteiger charge is -2.22.